The van der Waals surface area contributed by atoms with Crippen LogP contribution < -0.4 is 0 Å². The van der Waals surface area contributed by atoms with Crippen LogP contribution in [-0.4, -0.2) is 6.94 Å². The van der Waals surface area contributed by atoms with Crippen molar-refractivity contribution in [2.24, 2.45) is 0 Å². The zero-order valence-corrected chi connectivity index (χ0v) is 41.3. The molecule has 0 bridgehead atoms. The Morgan fingerprint density at radius 3 is 1.06 bits per heavy atom. The fraction of sp³-hybridized carbons (Fsp3) is 0.451. The molecule has 0 saturated carbocycles. The van der Waals surface area contributed by atoms with E-state index in [0.29, 0.717) is 7.35 Å². The summed E-state index contributed by atoms with van der Waals surface area (Å²) in [6.45, 7) is 33.1. The molecular formula is C51H70HfSi. The Morgan fingerprint density at radius 2 is 0.792 bits per heavy atom. The van der Waals surface area contributed by atoms with Crippen molar-refractivity contribution >= 4 is 19.1 Å². The molecule has 0 aromatic heterocycles. The monoisotopic (exact) mass is 890 g/mol. The molecule has 2 unspecified atom stereocenters. The first kappa shape index (κ1) is 40.1. The summed E-state index contributed by atoms with van der Waals surface area (Å²) < 4.78 is 10.4. The van der Waals surface area contributed by atoms with Crippen molar-refractivity contribution in [3.05, 3.63) is 129 Å². The first-order chi connectivity index (χ1) is 23.9. The van der Waals surface area contributed by atoms with Crippen molar-refractivity contribution in [1.82, 2.24) is 0 Å². The quantitative estimate of drug-likeness (QED) is 0.175. The van der Waals surface area contributed by atoms with Gasteiger partial charge in [0.2, 0.25) is 0 Å². The molecule has 2 atom stereocenters. The topological polar surface area (TPSA) is 0 Å². The summed E-state index contributed by atoms with van der Waals surface area (Å²) in [5, 5.41) is 0. The van der Waals surface area contributed by atoms with Gasteiger partial charge in [-0.15, -0.1) is 0 Å². The first-order valence-corrected chi connectivity index (χ1v) is 46.2. The first-order valence-electron chi connectivity index (χ1n) is 20.4. The number of hydrogen-bond acceptors (Lipinski definition) is 0. The summed E-state index contributed by atoms with van der Waals surface area (Å²) in [4.78, 5) is 0. The van der Waals surface area contributed by atoms with E-state index in [2.05, 4.69) is 208 Å². The number of benzene rings is 4. The van der Waals surface area contributed by atoms with Crippen molar-refractivity contribution in [2.45, 2.75) is 137 Å². The minimum absolute atomic E-state index is 0.0714. The Labute approximate surface area is 320 Å². The van der Waals surface area contributed by atoms with Gasteiger partial charge in [0.1, 0.15) is 0 Å². The van der Waals surface area contributed by atoms with Crippen LogP contribution in [0, 0.1) is 0 Å². The van der Waals surface area contributed by atoms with Crippen LogP contribution in [-0.2, 0) is 35.8 Å². The minimum atomic E-state index is -4.99. The standard InChI is InChI=1S/2C23H27.C2H5.3CH3.Hf.H2Si/c2*1-22(2,3)18-13-17(14-19(15-18)23(4,5)6)21-12-8-10-16-9-7-11-20(16)21;1-2;;;;;/h2*7-15H,1-6H3;1H2,2H3;3*1H3;;1H2. The molecule has 2 aliphatic rings. The Hall–Kier alpha value is -2.55. The summed E-state index contributed by atoms with van der Waals surface area (Å²) in [5.41, 5.74) is 17.3. The molecule has 0 fully saturated rings. The molecule has 0 nitrogen and oxygen atoms in total. The van der Waals surface area contributed by atoms with Crippen molar-refractivity contribution in [1.29, 1.82) is 0 Å². The summed E-state index contributed by atoms with van der Waals surface area (Å²) in [5.74, 6) is 0. The van der Waals surface area contributed by atoms with E-state index in [1.165, 1.54) is 70.9 Å². The third-order valence-corrected chi connectivity index (χ3v) is 64.2. The number of rotatable bonds is 5. The van der Waals surface area contributed by atoms with Gasteiger partial charge in [-0.25, -0.2) is 0 Å². The summed E-state index contributed by atoms with van der Waals surface area (Å²) in [6, 6.07) is 29.2. The maximum atomic E-state index is 2.81. The van der Waals surface area contributed by atoms with Crippen LogP contribution in [0.4, 0.5) is 0 Å². The van der Waals surface area contributed by atoms with Gasteiger partial charge in [0.05, 0.1) is 0 Å². The van der Waals surface area contributed by atoms with E-state index >= 15 is 0 Å². The van der Waals surface area contributed by atoms with Gasteiger partial charge in [-0.05, 0) is 0 Å². The Balaban J connectivity index is 1.54. The predicted molar refractivity (Wildman–Crippen MR) is 239 cm³/mol. The van der Waals surface area contributed by atoms with Crippen molar-refractivity contribution in [3.63, 3.8) is 0 Å². The van der Waals surface area contributed by atoms with Gasteiger partial charge in [0, 0.05) is 0 Å². The third kappa shape index (κ3) is 6.64. The third-order valence-electron chi connectivity index (χ3n) is 14.6. The van der Waals surface area contributed by atoms with Crippen LogP contribution in [0.1, 0.15) is 142 Å². The van der Waals surface area contributed by atoms with Crippen molar-refractivity contribution < 1.29 is 14.2 Å². The van der Waals surface area contributed by atoms with Gasteiger partial charge in [-0.3, -0.25) is 0 Å². The Bertz CT molecular complexity index is 2120. The summed E-state index contributed by atoms with van der Waals surface area (Å²) in [6.07, 6.45) is 10.3. The molecule has 0 saturated heterocycles. The fourth-order valence-corrected chi connectivity index (χ4v) is 40.6. The maximum absolute atomic E-state index is 4.99. The van der Waals surface area contributed by atoms with Crippen molar-refractivity contribution in [3.8, 4) is 22.3 Å². The molecule has 0 radical (unpaired) electrons. The molecule has 282 valence electrons. The second-order valence-electron chi connectivity index (χ2n) is 24.8. The summed E-state index contributed by atoms with van der Waals surface area (Å²) in [7, 11) is 0. The molecule has 0 N–H and O–H groups in total. The molecule has 6 rings (SSSR count). The molecule has 0 aliphatic heterocycles. The van der Waals surface area contributed by atoms with E-state index in [-0.39, 0.29) is 21.7 Å². The number of hydrogen-bond donors (Lipinski definition) is 0. The average Bonchev–Trinajstić information content (AvgIpc) is 3.70. The molecule has 4 aromatic carbocycles. The molecule has 0 spiro atoms. The van der Waals surface area contributed by atoms with Crippen LogP contribution in [0.2, 0.25) is 18.2 Å². The van der Waals surface area contributed by atoms with Gasteiger partial charge in [-0.1, -0.05) is 0 Å². The van der Waals surface area contributed by atoms with Gasteiger partial charge >= 0.3 is 322 Å². The second kappa shape index (κ2) is 11.3. The molecule has 2 aliphatic carbocycles. The van der Waals surface area contributed by atoms with E-state index in [4.69, 9.17) is 0 Å². The van der Waals surface area contributed by atoms with Gasteiger partial charge in [-0.2, -0.15) is 0 Å². The normalized spacial score (nSPS) is 19.7. The van der Waals surface area contributed by atoms with Gasteiger partial charge in [0.15, 0.2) is 0 Å². The molecule has 53 heavy (non-hydrogen) atoms. The van der Waals surface area contributed by atoms with E-state index in [1.54, 1.807) is 0 Å². The van der Waals surface area contributed by atoms with Crippen molar-refractivity contribution in [2.75, 3.05) is 0 Å². The molecular weight excluding hydrogens is 819 g/mol. The van der Waals surface area contributed by atoms with Crippen LogP contribution in [0.3, 0.4) is 0 Å². The summed E-state index contributed by atoms with van der Waals surface area (Å²) >= 11 is -4.99. The van der Waals surface area contributed by atoms with E-state index in [0.717, 1.165) is 0 Å². The van der Waals surface area contributed by atoms with Crippen LogP contribution in [0.15, 0.2) is 84.9 Å². The average molecular weight is 890 g/mol. The molecule has 2 heteroatoms. The molecule has 0 amide bonds. The van der Waals surface area contributed by atoms with Gasteiger partial charge < -0.3 is 0 Å². The second-order valence-corrected chi connectivity index (χ2v) is 107. The van der Waals surface area contributed by atoms with E-state index < -0.39 is 14.2 Å². The van der Waals surface area contributed by atoms with E-state index in [9.17, 15) is 0 Å². The zero-order valence-electron chi connectivity index (χ0n) is 36.3. The van der Waals surface area contributed by atoms with E-state index in [1.807, 2.05) is 0 Å². The SMILES string of the molecule is C[CH2][Hf]([CH3])([CH3])([CH3])(=[SiH2])([CH]1C=Cc2c(-c3cc(C(C)(C)C)cc(C(C)(C)C)c3)cccc21)[CH]1C=Cc2c(-c3cc(C(C)(C)C)cc(C(C)(C)C)c3)cccc21. The number of fused-ring (bicyclic) bond motifs is 2. The zero-order chi connectivity index (χ0) is 39.5. The fourth-order valence-electron chi connectivity index (χ4n) is 9.62. The van der Waals surface area contributed by atoms with Crippen LogP contribution in [0.25, 0.3) is 34.4 Å². The van der Waals surface area contributed by atoms with Crippen LogP contribution in [0.5, 0.6) is 0 Å². The molecule has 4 aromatic rings. The van der Waals surface area contributed by atoms with Crippen LogP contribution >= 0.6 is 0 Å². The number of allylic oxidation sites excluding steroid dienone is 2. The molecule has 0 heterocycles. The predicted octanol–water partition coefficient (Wildman–Crippen LogP) is 14.9. The Kier molecular flexibility index (Phi) is 8.54. The Morgan fingerprint density at radius 1 is 0.491 bits per heavy atom. The van der Waals surface area contributed by atoms with Gasteiger partial charge in [0.25, 0.3) is 0 Å².